The van der Waals surface area contributed by atoms with Crippen LogP contribution in [-0.4, -0.2) is 56.0 Å². The maximum atomic E-state index is 12.3. The summed E-state index contributed by atoms with van der Waals surface area (Å²) in [5.41, 5.74) is 1.29. The van der Waals surface area contributed by atoms with Gasteiger partial charge in [0.25, 0.3) is 11.8 Å². The van der Waals surface area contributed by atoms with E-state index in [1.807, 2.05) is 0 Å². The summed E-state index contributed by atoms with van der Waals surface area (Å²) in [6.07, 6.45) is 1.26. The van der Waals surface area contributed by atoms with Crippen molar-refractivity contribution in [2.24, 2.45) is 0 Å². The van der Waals surface area contributed by atoms with Crippen molar-refractivity contribution in [3.05, 3.63) is 27.7 Å². The highest BCUT2D eigenvalue weighted by Crippen LogP contribution is 2.34. The van der Waals surface area contributed by atoms with Gasteiger partial charge in [0.2, 0.25) is 0 Å². The molecule has 1 heterocycles. The molecule has 8 nitrogen and oxygen atoms in total. The summed E-state index contributed by atoms with van der Waals surface area (Å²) in [4.78, 5) is 49.9. The molecule has 27 heavy (non-hydrogen) atoms. The maximum Gasteiger partial charge on any atom is 0.341 e. The van der Waals surface area contributed by atoms with E-state index in [0.29, 0.717) is 10.4 Å². The Balaban J connectivity index is 3.07. The zero-order valence-corrected chi connectivity index (χ0v) is 17.1. The summed E-state index contributed by atoms with van der Waals surface area (Å²) in [6, 6.07) is 0. The average Bonchev–Trinajstić information content (AvgIpc) is 2.87. The normalized spacial score (nSPS) is 10.0. The van der Waals surface area contributed by atoms with Gasteiger partial charge in [-0.3, -0.25) is 9.59 Å². The highest BCUT2D eigenvalue weighted by molar-refractivity contribution is 7.18. The highest BCUT2D eigenvalue weighted by Gasteiger charge is 2.27. The molecule has 0 unspecified atom stereocenters. The van der Waals surface area contributed by atoms with Gasteiger partial charge < -0.3 is 19.7 Å². The van der Waals surface area contributed by atoms with Crippen molar-refractivity contribution >= 4 is 40.1 Å². The number of esters is 2. The van der Waals surface area contributed by atoms with Crippen molar-refractivity contribution in [2.45, 2.75) is 27.7 Å². The Kier molecular flexibility index (Phi) is 8.17. The Bertz CT molecular complexity index is 775. The van der Waals surface area contributed by atoms with Crippen molar-refractivity contribution < 1.29 is 28.7 Å². The van der Waals surface area contributed by atoms with E-state index in [4.69, 9.17) is 9.47 Å². The molecule has 9 heteroatoms. The number of hydrogen-bond acceptors (Lipinski definition) is 7. The summed E-state index contributed by atoms with van der Waals surface area (Å²) < 4.78 is 9.87. The van der Waals surface area contributed by atoms with Crippen LogP contribution in [0.2, 0.25) is 0 Å². The Morgan fingerprint density at radius 2 is 1.78 bits per heavy atom. The van der Waals surface area contributed by atoms with Crippen LogP contribution in [0.1, 0.15) is 46.4 Å². The minimum atomic E-state index is -0.638. The Labute approximate surface area is 162 Å². The summed E-state index contributed by atoms with van der Waals surface area (Å²) in [5.74, 6) is -2.19. The van der Waals surface area contributed by atoms with E-state index in [2.05, 4.69) is 5.32 Å². The zero-order chi connectivity index (χ0) is 20.7. The number of ether oxygens (including phenoxy) is 2. The molecular weight excluding hydrogens is 372 g/mol. The molecule has 0 aromatic carbocycles. The smallest absolute Gasteiger partial charge is 0.341 e. The molecule has 0 spiro atoms. The second-order valence-electron chi connectivity index (χ2n) is 6.06. The summed E-state index contributed by atoms with van der Waals surface area (Å²) in [7, 11) is 3.18. The van der Waals surface area contributed by atoms with Gasteiger partial charge in [-0.05, 0) is 33.3 Å². The first-order valence-corrected chi connectivity index (χ1v) is 9.03. The fraction of sp³-hybridized carbons (Fsp3) is 0.444. The third-order valence-electron chi connectivity index (χ3n) is 3.23. The number of amides is 2. The van der Waals surface area contributed by atoms with Gasteiger partial charge in [0, 0.05) is 20.2 Å². The van der Waals surface area contributed by atoms with Crippen LogP contribution in [-0.2, 0) is 19.1 Å². The molecule has 0 radical (unpaired) electrons. The Morgan fingerprint density at radius 1 is 1.15 bits per heavy atom. The van der Waals surface area contributed by atoms with Crippen molar-refractivity contribution in [3.63, 3.8) is 0 Å². The zero-order valence-electron chi connectivity index (χ0n) is 16.3. The third-order valence-corrected chi connectivity index (χ3v) is 4.43. The molecular formula is C18H24N2O6S. The number of nitrogens with one attached hydrogen (secondary N) is 1. The van der Waals surface area contributed by atoms with E-state index in [-0.39, 0.29) is 23.1 Å². The standard InChI is InChI=1S/C18H24N2O6S/c1-7-25-18(24)14-11(4)15(17(23)20(5)6)27-16(14)19-12(21)9-26-13(22)8-10(2)3/h8H,7,9H2,1-6H3,(H,19,21). The Morgan fingerprint density at radius 3 is 2.30 bits per heavy atom. The molecule has 0 bridgehead atoms. The molecule has 1 rings (SSSR count). The monoisotopic (exact) mass is 396 g/mol. The first-order chi connectivity index (χ1) is 12.6. The van der Waals surface area contributed by atoms with Gasteiger partial charge in [0.1, 0.15) is 5.00 Å². The molecule has 148 valence electrons. The summed E-state index contributed by atoms with van der Waals surface area (Å²) in [6.45, 7) is 6.36. The van der Waals surface area contributed by atoms with Gasteiger partial charge in [-0.1, -0.05) is 5.57 Å². The van der Waals surface area contributed by atoms with E-state index < -0.39 is 24.5 Å². The van der Waals surface area contributed by atoms with Gasteiger partial charge in [0.15, 0.2) is 6.61 Å². The van der Waals surface area contributed by atoms with Crippen molar-refractivity contribution in [1.29, 1.82) is 0 Å². The van der Waals surface area contributed by atoms with Gasteiger partial charge >= 0.3 is 11.9 Å². The number of carbonyl (C=O) groups excluding carboxylic acids is 4. The second kappa shape index (κ2) is 9.86. The van der Waals surface area contributed by atoms with Crippen LogP contribution >= 0.6 is 11.3 Å². The van der Waals surface area contributed by atoms with Gasteiger partial charge in [-0.15, -0.1) is 11.3 Å². The number of anilines is 1. The van der Waals surface area contributed by atoms with E-state index in [1.54, 1.807) is 41.8 Å². The number of nitrogens with zero attached hydrogens (tertiary/aromatic N) is 1. The highest BCUT2D eigenvalue weighted by atomic mass is 32.1. The minimum Gasteiger partial charge on any atom is -0.462 e. The predicted molar refractivity (Wildman–Crippen MR) is 102 cm³/mol. The number of hydrogen-bond donors (Lipinski definition) is 1. The van der Waals surface area contributed by atoms with Crippen LogP contribution in [0, 0.1) is 6.92 Å². The van der Waals surface area contributed by atoms with E-state index in [1.165, 1.54) is 11.0 Å². The number of rotatable bonds is 7. The first-order valence-electron chi connectivity index (χ1n) is 8.22. The SMILES string of the molecule is CCOC(=O)c1c(NC(=O)COC(=O)C=C(C)C)sc(C(=O)N(C)C)c1C. The maximum absolute atomic E-state index is 12.3. The lowest BCUT2D eigenvalue weighted by Crippen LogP contribution is -2.21. The second-order valence-corrected chi connectivity index (χ2v) is 7.08. The molecule has 2 amide bonds. The molecule has 0 fully saturated rings. The van der Waals surface area contributed by atoms with Gasteiger partial charge in [-0.2, -0.15) is 0 Å². The predicted octanol–water partition coefficient (Wildman–Crippen LogP) is 2.38. The fourth-order valence-corrected chi connectivity index (χ4v) is 3.27. The molecule has 1 aromatic heterocycles. The molecule has 0 saturated heterocycles. The van der Waals surface area contributed by atoms with E-state index >= 15 is 0 Å². The molecule has 0 saturated carbocycles. The number of allylic oxidation sites excluding steroid dienone is 1. The van der Waals surface area contributed by atoms with Gasteiger partial charge in [0.05, 0.1) is 17.0 Å². The molecule has 0 atom stereocenters. The van der Waals surface area contributed by atoms with E-state index in [0.717, 1.165) is 16.9 Å². The number of carbonyl (C=O) groups is 4. The topological polar surface area (TPSA) is 102 Å². The lowest BCUT2D eigenvalue weighted by atomic mass is 10.1. The van der Waals surface area contributed by atoms with Crippen LogP contribution < -0.4 is 5.32 Å². The fourth-order valence-electron chi connectivity index (χ4n) is 2.03. The van der Waals surface area contributed by atoms with Crippen LogP contribution in [0.5, 0.6) is 0 Å². The lowest BCUT2D eigenvalue weighted by Gasteiger charge is -2.09. The molecule has 0 aliphatic heterocycles. The molecule has 0 aliphatic carbocycles. The first kappa shape index (κ1) is 22.4. The van der Waals surface area contributed by atoms with Crippen molar-refractivity contribution in [2.75, 3.05) is 32.6 Å². The van der Waals surface area contributed by atoms with Gasteiger partial charge in [-0.25, -0.2) is 9.59 Å². The van der Waals surface area contributed by atoms with E-state index in [9.17, 15) is 19.2 Å². The molecule has 1 N–H and O–H groups in total. The molecule has 1 aromatic rings. The van der Waals surface area contributed by atoms with Crippen molar-refractivity contribution in [3.8, 4) is 0 Å². The van der Waals surface area contributed by atoms with Crippen LogP contribution in [0.15, 0.2) is 11.6 Å². The number of thiophene rings is 1. The third kappa shape index (κ3) is 6.21. The average molecular weight is 396 g/mol. The summed E-state index contributed by atoms with van der Waals surface area (Å²) in [5, 5.41) is 2.70. The largest absolute Gasteiger partial charge is 0.462 e. The Hall–Kier alpha value is -2.68. The molecule has 0 aliphatic rings. The quantitative estimate of drug-likeness (QED) is 0.561. The van der Waals surface area contributed by atoms with Crippen LogP contribution in [0.25, 0.3) is 0 Å². The minimum absolute atomic E-state index is 0.121. The van der Waals surface area contributed by atoms with Crippen molar-refractivity contribution in [1.82, 2.24) is 4.90 Å². The van der Waals surface area contributed by atoms with Crippen LogP contribution in [0.3, 0.4) is 0 Å². The summed E-state index contributed by atoms with van der Waals surface area (Å²) >= 11 is 0.974. The van der Waals surface area contributed by atoms with Crippen LogP contribution in [0.4, 0.5) is 5.00 Å². The lowest BCUT2D eigenvalue weighted by molar-refractivity contribution is -0.142.